The lowest BCUT2D eigenvalue weighted by molar-refractivity contribution is 0.463. The van der Waals surface area contributed by atoms with Gasteiger partial charge in [-0.1, -0.05) is 25.5 Å². The average Bonchev–Trinajstić information content (AvgIpc) is 2.63. The van der Waals surface area contributed by atoms with E-state index >= 15 is 0 Å². The molecule has 0 saturated carbocycles. The molecule has 15 heavy (non-hydrogen) atoms. The number of furan rings is 1. The van der Waals surface area contributed by atoms with Crippen molar-refractivity contribution in [2.45, 2.75) is 25.8 Å². The summed E-state index contributed by atoms with van der Waals surface area (Å²) in [6, 6.07) is 6.56. The van der Waals surface area contributed by atoms with Gasteiger partial charge in [0.2, 0.25) is 0 Å². The van der Waals surface area contributed by atoms with Gasteiger partial charge in [-0.25, -0.2) is 4.39 Å². The molecule has 0 aliphatic carbocycles. The molecule has 0 spiro atoms. The highest BCUT2D eigenvalue weighted by molar-refractivity contribution is 5.78. The van der Waals surface area contributed by atoms with Gasteiger partial charge in [-0.15, -0.1) is 0 Å². The van der Waals surface area contributed by atoms with Gasteiger partial charge in [0, 0.05) is 5.39 Å². The Morgan fingerprint density at radius 2 is 2.27 bits per heavy atom. The van der Waals surface area contributed by atoms with Crippen LogP contribution in [0.15, 0.2) is 28.7 Å². The highest BCUT2D eigenvalue weighted by Crippen LogP contribution is 2.26. The van der Waals surface area contributed by atoms with Crippen LogP contribution in [0.5, 0.6) is 0 Å². The Bertz CT molecular complexity index is 464. The topological polar surface area (TPSA) is 39.2 Å². The van der Waals surface area contributed by atoms with Gasteiger partial charge < -0.3 is 10.2 Å². The Balaban J connectivity index is 2.43. The summed E-state index contributed by atoms with van der Waals surface area (Å²) in [7, 11) is 0. The van der Waals surface area contributed by atoms with E-state index in [1.165, 1.54) is 6.07 Å². The molecule has 0 saturated heterocycles. The van der Waals surface area contributed by atoms with Gasteiger partial charge in [-0.05, 0) is 18.6 Å². The van der Waals surface area contributed by atoms with Gasteiger partial charge in [-0.2, -0.15) is 0 Å². The monoisotopic (exact) mass is 207 g/mol. The van der Waals surface area contributed by atoms with Crippen molar-refractivity contribution < 1.29 is 8.81 Å². The minimum absolute atomic E-state index is 0.137. The number of fused-ring (bicyclic) bond motifs is 1. The van der Waals surface area contributed by atoms with E-state index in [1.807, 2.05) is 12.1 Å². The lowest BCUT2D eigenvalue weighted by atomic mass is 10.1. The van der Waals surface area contributed by atoms with Gasteiger partial charge in [0.05, 0.1) is 6.04 Å². The van der Waals surface area contributed by atoms with Gasteiger partial charge in [0.15, 0.2) is 11.4 Å². The maximum atomic E-state index is 13.3. The van der Waals surface area contributed by atoms with E-state index in [-0.39, 0.29) is 11.9 Å². The quantitative estimate of drug-likeness (QED) is 0.838. The van der Waals surface area contributed by atoms with Crippen molar-refractivity contribution in [1.82, 2.24) is 0 Å². The molecule has 0 radical (unpaired) electrons. The molecule has 0 fully saturated rings. The van der Waals surface area contributed by atoms with E-state index in [9.17, 15) is 4.39 Å². The first-order valence-corrected chi connectivity index (χ1v) is 5.16. The predicted octanol–water partition coefficient (Wildman–Crippen LogP) is 3.37. The summed E-state index contributed by atoms with van der Waals surface area (Å²) in [4.78, 5) is 0. The lowest BCUT2D eigenvalue weighted by Crippen LogP contribution is -2.08. The first-order valence-electron chi connectivity index (χ1n) is 5.16. The second-order valence-electron chi connectivity index (χ2n) is 3.70. The van der Waals surface area contributed by atoms with Crippen molar-refractivity contribution in [2.75, 3.05) is 0 Å². The Labute approximate surface area is 87.9 Å². The Morgan fingerprint density at radius 1 is 1.47 bits per heavy atom. The first-order chi connectivity index (χ1) is 7.22. The van der Waals surface area contributed by atoms with Crippen LogP contribution >= 0.6 is 0 Å². The van der Waals surface area contributed by atoms with E-state index in [0.29, 0.717) is 11.3 Å². The zero-order chi connectivity index (χ0) is 10.8. The molecule has 0 aliphatic rings. The minimum atomic E-state index is -0.331. The van der Waals surface area contributed by atoms with Gasteiger partial charge >= 0.3 is 0 Å². The molecule has 1 aromatic carbocycles. The van der Waals surface area contributed by atoms with Crippen LogP contribution in [0, 0.1) is 5.82 Å². The van der Waals surface area contributed by atoms with Crippen molar-refractivity contribution in [2.24, 2.45) is 5.73 Å². The van der Waals surface area contributed by atoms with E-state index in [2.05, 4.69) is 6.92 Å². The Kier molecular flexibility index (Phi) is 2.73. The van der Waals surface area contributed by atoms with Gasteiger partial charge in [-0.3, -0.25) is 0 Å². The standard InChI is InChI=1S/C12H14FNO/c1-2-4-10(14)11-7-8-5-3-6-9(13)12(8)15-11/h3,5-7,10H,2,4,14H2,1H3. The molecule has 1 unspecified atom stereocenters. The molecule has 2 N–H and O–H groups in total. The van der Waals surface area contributed by atoms with Crippen molar-refractivity contribution in [3.05, 3.63) is 35.8 Å². The maximum Gasteiger partial charge on any atom is 0.169 e. The molecule has 2 rings (SSSR count). The van der Waals surface area contributed by atoms with Crippen LogP contribution in [-0.2, 0) is 0 Å². The van der Waals surface area contributed by atoms with Gasteiger partial charge in [0.25, 0.3) is 0 Å². The van der Waals surface area contributed by atoms with Crippen molar-refractivity contribution >= 4 is 11.0 Å². The fourth-order valence-corrected chi connectivity index (χ4v) is 1.68. The number of para-hydroxylation sites is 1. The van der Waals surface area contributed by atoms with Crippen LogP contribution in [-0.4, -0.2) is 0 Å². The fourth-order valence-electron chi connectivity index (χ4n) is 1.68. The molecule has 2 aromatic rings. The number of rotatable bonds is 3. The minimum Gasteiger partial charge on any atom is -0.456 e. The largest absolute Gasteiger partial charge is 0.456 e. The van der Waals surface area contributed by atoms with Crippen molar-refractivity contribution in [3.8, 4) is 0 Å². The fraction of sp³-hybridized carbons (Fsp3) is 0.333. The lowest BCUT2D eigenvalue weighted by Gasteiger charge is -2.04. The highest BCUT2D eigenvalue weighted by Gasteiger charge is 2.12. The average molecular weight is 207 g/mol. The highest BCUT2D eigenvalue weighted by atomic mass is 19.1. The number of benzene rings is 1. The third-order valence-electron chi connectivity index (χ3n) is 2.48. The zero-order valence-corrected chi connectivity index (χ0v) is 8.66. The van der Waals surface area contributed by atoms with Gasteiger partial charge in [0.1, 0.15) is 5.76 Å². The molecular formula is C12H14FNO. The third kappa shape index (κ3) is 1.88. The SMILES string of the molecule is CCCC(N)c1cc2cccc(F)c2o1. The van der Waals surface area contributed by atoms with Crippen LogP contribution in [0.1, 0.15) is 31.6 Å². The molecule has 2 nitrogen and oxygen atoms in total. The summed E-state index contributed by atoms with van der Waals surface area (Å²) >= 11 is 0. The molecule has 0 amide bonds. The van der Waals surface area contributed by atoms with E-state index in [1.54, 1.807) is 6.07 Å². The van der Waals surface area contributed by atoms with E-state index in [4.69, 9.17) is 10.2 Å². The third-order valence-corrected chi connectivity index (χ3v) is 2.48. The summed E-state index contributed by atoms with van der Waals surface area (Å²) < 4.78 is 18.7. The van der Waals surface area contributed by atoms with E-state index in [0.717, 1.165) is 18.2 Å². The second kappa shape index (κ2) is 4.03. The predicted molar refractivity (Wildman–Crippen MR) is 58.0 cm³/mol. The molecule has 0 aliphatic heterocycles. The number of hydrogen-bond acceptors (Lipinski definition) is 2. The number of nitrogens with two attached hydrogens (primary N) is 1. The van der Waals surface area contributed by atoms with Crippen LogP contribution in [0.3, 0.4) is 0 Å². The Morgan fingerprint density at radius 3 is 2.93 bits per heavy atom. The second-order valence-corrected chi connectivity index (χ2v) is 3.70. The summed E-state index contributed by atoms with van der Waals surface area (Å²) in [6.07, 6.45) is 1.84. The molecule has 0 bridgehead atoms. The number of hydrogen-bond donors (Lipinski definition) is 1. The normalized spacial score (nSPS) is 13.3. The molecule has 1 heterocycles. The summed E-state index contributed by atoms with van der Waals surface area (Å²) in [5.41, 5.74) is 6.21. The van der Waals surface area contributed by atoms with Crippen LogP contribution in [0.2, 0.25) is 0 Å². The summed E-state index contributed by atoms with van der Waals surface area (Å²) in [6.45, 7) is 2.06. The zero-order valence-electron chi connectivity index (χ0n) is 8.66. The Hall–Kier alpha value is -1.35. The first kappa shape index (κ1) is 10.2. The van der Waals surface area contributed by atoms with Crippen LogP contribution in [0.4, 0.5) is 4.39 Å². The molecular weight excluding hydrogens is 193 g/mol. The molecule has 1 aromatic heterocycles. The van der Waals surface area contributed by atoms with Crippen molar-refractivity contribution in [1.29, 1.82) is 0 Å². The molecule has 3 heteroatoms. The van der Waals surface area contributed by atoms with E-state index < -0.39 is 0 Å². The number of halogens is 1. The smallest absolute Gasteiger partial charge is 0.169 e. The van der Waals surface area contributed by atoms with Crippen LogP contribution in [0.25, 0.3) is 11.0 Å². The maximum absolute atomic E-state index is 13.3. The molecule has 80 valence electrons. The summed E-state index contributed by atoms with van der Waals surface area (Å²) in [5.74, 6) is 0.333. The van der Waals surface area contributed by atoms with Crippen molar-refractivity contribution in [3.63, 3.8) is 0 Å². The summed E-state index contributed by atoms with van der Waals surface area (Å²) in [5, 5.41) is 0.775. The van der Waals surface area contributed by atoms with Crippen LogP contribution < -0.4 is 5.73 Å². The molecule has 1 atom stereocenters.